The molecule has 2 aromatic carbocycles. The highest BCUT2D eigenvalue weighted by molar-refractivity contribution is 6.00. The van der Waals surface area contributed by atoms with Gasteiger partial charge in [0.2, 0.25) is 0 Å². The van der Waals surface area contributed by atoms with Crippen LogP contribution >= 0.6 is 0 Å². The summed E-state index contributed by atoms with van der Waals surface area (Å²) in [5, 5.41) is 18.8. The van der Waals surface area contributed by atoms with Gasteiger partial charge in [-0.2, -0.15) is 23.5 Å². The minimum Gasteiger partial charge on any atom is -0.382 e. The Kier molecular flexibility index (Phi) is 8.21. The maximum atomic E-state index is 14.1. The number of urea groups is 1. The zero-order chi connectivity index (χ0) is 30.9. The minimum atomic E-state index is -4.70. The molecule has 5 rings (SSSR count). The van der Waals surface area contributed by atoms with Gasteiger partial charge in [0.05, 0.1) is 41.6 Å². The Morgan fingerprint density at radius 1 is 1.14 bits per heavy atom. The van der Waals surface area contributed by atoms with Crippen LogP contribution in [0.5, 0.6) is 0 Å². The van der Waals surface area contributed by atoms with Crippen LogP contribution in [-0.2, 0) is 23.9 Å². The first-order chi connectivity index (χ1) is 20.4. The quantitative estimate of drug-likeness (QED) is 0.252. The number of nitrogen functional groups attached to an aromatic ring is 1. The molecule has 2 amide bonds. The van der Waals surface area contributed by atoms with Crippen molar-refractivity contribution in [3.63, 3.8) is 0 Å². The Bertz CT molecular complexity index is 1690. The summed E-state index contributed by atoms with van der Waals surface area (Å²) in [6.45, 7) is 5.91. The van der Waals surface area contributed by atoms with E-state index in [1.54, 1.807) is 28.8 Å². The average molecular weight is 597 g/mol. The number of nitrogens with zero attached hydrogens (tertiary/aromatic N) is 5. The molecule has 224 valence electrons. The largest absolute Gasteiger partial charge is 0.416 e. The summed E-state index contributed by atoms with van der Waals surface area (Å²) in [4.78, 5) is 18.9. The normalized spacial score (nSPS) is 17.5. The highest BCUT2D eigenvalue weighted by Gasteiger charge is 2.31. The second kappa shape index (κ2) is 11.9. The summed E-state index contributed by atoms with van der Waals surface area (Å²) in [5.74, 6) is -0.787. The molecule has 2 atom stereocenters. The first kappa shape index (κ1) is 29.7. The highest BCUT2D eigenvalue weighted by atomic mass is 19.4. The number of anilines is 3. The molecule has 0 spiro atoms. The van der Waals surface area contributed by atoms with Gasteiger partial charge < -0.3 is 21.1 Å². The van der Waals surface area contributed by atoms with Gasteiger partial charge in [0.15, 0.2) is 5.82 Å². The first-order valence-electron chi connectivity index (χ1n) is 13.4. The van der Waals surface area contributed by atoms with Gasteiger partial charge in [-0.15, -0.1) is 0 Å². The second-order valence-electron chi connectivity index (χ2n) is 10.3. The fourth-order valence-electron chi connectivity index (χ4n) is 5.39. The molecule has 10 nitrogen and oxygen atoms in total. The first-order valence-corrected chi connectivity index (χ1v) is 13.4. The van der Waals surface area contributed by atoms with Gasteiger partial charge in [-0.1, -0.05) is 12.1 Å². The fraction of sp³-hybridized carbons (Fsp3) is 0.310. The number of ether oxygens (including phenoxy) is 1. The summed E-state index contributed by atoms with van der Waals surface area (Å²) in [5.41, 5.74) is 8.32. The Labute approximate surface area is 244 Å². The van der Waals surface area contributed by atoms with Crippen molar-refractivity contribution in [3.05, 3.63) is 71.4 Å². The number of amides is 2. The van der Waals surface area contributed by atoms with Gasteiger partial charge in [-0.05, 0) is 55.3 Å². The van der Waals surface area contributed by atoms with E-state index in [4.69, 9.17) is 10.5 Å². The third-order valence-corrected chi connectivity index (χ3v) is 7.06. The maximum absolute atomic E-state index is 14.1. The Balaban J connectivity index is 1.44. The zero-order valence-corrected chi connectivity index (χ0v) is 23.2. The molecule has 2 aromatic heterocycles. The van der Waals surface area contributed by atoms with Crippen molar-refractivity contribution in [1.29, 1.82) is 5.26 Å². The number of carbonyl (C=O) groups excluding carboxylic acids is 1. The van der Waals surface area contributed by atoms with E-state index in [2.05, 4.69) is 31.7 Å². The predicted molar refractivity (Wildman–Crippen MR) is 151 cm³/mol. The third-order valence-electron chi connectivity index (χ3n) is 7.06. The third kappa shape index (κ3) is 6.37. The number of benzene rings is 2. The van der Waals surface area contributed by atoms with E-state index < -0.39 is 29.3 Å². The van der Waals surface area contributed by atoms with Crippen molar-refractivity contribution >= 4 is 28.7 Å². The standard InChI is InChI=1S/C29H28F4N8O2/c1-16-12-40(13-17(2)43-16)14-24-21(9-10-34)25(26-27(35)36-15-37-41(24)26)18-3-6-20(7-4-18)38-28(42)39-23-11-19(29(31,32)33)5-8-22(23)30/h3-8,11,15-17H,9,12-14H2,1-2H3,(H2,35,36,37)(H2,38,39,42). The van der Waals surface area contributed by atoms with Crippen molar-refractivity contribution < 1.29 is 27.1 Å². The number of alkyl halides is 3. The van der Waals surface area contributed by atoms with E-state index in [0.29, 0.717) is 60.2 Å². The predicted octanol–water partition coefficient (Wildman–Crippen LogP) is 5.46. The molecule has 4 N–H and O–H groups in total. The zero-order valence-electron chi connectivity index (χ0n) is 23.2. The summed E-state index contributed by atoms with van der Waals surface area (Å²) in [7, 11) is 0. The van der Waals surface area contributed by atoms with E-state index >= 15 is 0 Å². The minimum absolute atomic E-state index is 0.0378. The van der Waals surface area contributed by atoms with Gasteiger partial charge in [0, 0.05) is 30.9 Å². The molecule has 1 aliphatic rings. The summed E-state index contributed by atoms with van der Waals surface area (Å²) >= 11 is 0. The lowest BCUT2D eigenvalue weighted by Gasteiger charge is -2.35. The molecule has 3 heterocycles. The van der Waals surface area contributed by atoms with Gasteiger partial charge in [0.1, 0.15) is 17.7 Å². The molecule has 0 bridgehead atoms. The van der Waals surface area contributed by atoms with Crippen LogP contribution in [0, 0.1) is 17.1 Å². The maximum Gasteiger partial charge on any atom is 0.416 e. The SMILES string of the molecule is CC1CN(Cc2c(CC#N)c(-c3ccc(NC(=O)Nc4cc(C(F)(F)F)ccc4F)cc3)c3c(N)ncnn23)CC(C)O1. The molecule has 4 aromatic rings. The molecule has 0 aliphatic carbocycles. The number of carbonyl (C=O) groups is 1. The summed E-state index contributed by atoms with van der Waals surface area (Å²) in [6, 6.07) is 9.60. The molecular weight excluding hydrogens is 568 g/mol. The van der Waals surface area contributed by atoms with Crippen molar-refractivity contribution in [2.75, 3.05) is 29.5 Å². The Morgan fingerprint density at radius 2 is 1.84 bits per heavy atom. The number of nitriles is 1. The smallest absolute Gasteiger partial charge is 0.382 e. The Morgan fingerprint density at radius 3 is 2.49 bits per heavy atom. The van der Waals surface area contributed by atoms with E-state index in [-0.39, 0.29) is 24.4 Å². The molecular formula is C29H28F4N8O2. The van der Waals surface area contributed by atoms with Crippen molar-refractivity contribution in [1.82, 2.24) is 19.5 Å². The van der Waals surface area contributed by atoms with Crippen LogP contribution in [0.2, 0.25) is 0 Å². The van der Waals surface area contributed by atoms with Gasteiger partial charge in [-0.25, -0.2) is 18.7 Å². The fourth-order valence-corrected chi connectivity index (χ4v) is 5.39. The van der Waals surface area contributed by atoms with Gasteiger partial charge in [-0.3, -0.25) is 4.90 Å². The number of morpholine rings is 1. The number of hydrogen-bond acceptors (Lipinski definition) is 7. The molecule has 1 fully saturated rings. The van der Waals surface area contributed by atoms with E-state index in [1.165, 1.54) is 6.33 Å². The van der Waals surface area contributed by atoms with Crippen LogP contribution in [0.25, 0.3) is 16.6 Å². The van der Waals surface area contributed by atoms with Crippen molar-refractivity contribution in [2.45, 2.75) is 45.2 Å². The number of hydrogen-bond donors (Lipinski definition) is 3. The van der Waals surface area contributed by atoms with Gasteiger partial charge in [0.25, 0.3) is 0 Å². The molecule has 1 saturated heterocycles. The monoisotopic (exact) mass is 596 g/mol. The molecule has 0 radical (unpaired) electrons. The second-order valence-corrected chi connectivity index (χ2v) is 10.3. The molecule has 43 heavy (non-hydrogen) atoms. The van der Waals surface area contributed by atoms with Crippen LogP contribution < -0.4 is 16.4 Å². The topological polar surface area (TPSA) is 134 Å². The average Bonchev–Trinajstić information content (AvgIpc) is 3.23. The van der Waals surface area contributed by atoms with Crippen LogP contribution in [0.3, 0.4) is 0 Å². The lowest BCUT2D eigenvalue weighted by Crippen LogP contribution is -2.45. The van der Waals surface area contributed by atoms with Crippen molar-refractivity contribution in [2.24, 2.45) is 0 Å². The number of nitrogens with two attached hydrogens (primary N) is 1. The van der Waals surface area contributed by atoms with Crippen LogP contribution in [0.1, 0.15) is 30.7 Å². The number of nitrogens with one attached hydrogen (secondary N) is 2. The van der Waals surface area contributed by atoms with E-state index in [0.717, 1.165) is 11.3 Å². The Hall–Kier alpha value is -4.74. The van der Waals surface area contributed by atoms with Crippen LogP contribution in [0.4, 0.5) is 39.5 Å². The van der Waals surface area contributed by atoms with Crippen LogP contribution in [-0.4, -0.2) is 50.8 Å². The molecule has 14 heteroatoms. The molecule has 0 saturated carbocycles. The van der Waals surface area contributed by atoms with Gasteiger partial charge >= 0.3 is 12.2 Å². The number of halogens is 4. The van der Waals surface area contributed by atoms with Crippen molar-refractivity contribution in [3.8, 4) is 17.2 Å². The highest BCUT2D eigenvalue weighted by Crippen LogP contribution is 2.37. The van der Waals surface area contributed by atoms with Crippen LogP contribution in [0.15, 0.2) is 48.8 Å². The number of aromatic nitrogens is 3. The lowest BCUT2D eigenvalue weighted by molar-refractivity contribution is -0.137. The number of fused-ring (bicyclic) bond motifs is 1. The lowest BCUT2D eigenvalue weighted by atomic mass is 9.98. The van der Waals surface area contributed by atoms with E-state index in [1.807, 2.05) is 13.8 Å². The number of rotatable bonds is 6. The summed E-state index contributed by atoms with van der Waals surface area (Å²) in [6.07, 6.45) is -3.19. The molecule has 2 unspecified atom stereocenters. The molecule has 1 aliphatic heterocycles. The van der Waals surface area contributed by atoms with E-state index in [9.17, 15) is 27.6 Å². The summed E-state index contributed by atoms with van der Waals surface area (Å²) < 4.78 is 60.7.